The topological polar surface area (TPSA) is 111 Å². The van der Waals surface area contributed by atoms with Crippen molar-refractivity contribution in [2.45, 2.75) is 17.9 Å². The summed E-state index contributed by atoms with van der Waals surface area (Å²) >= 11 is 1.32. The van der Waals surface area contributed by atoms with Gasteiger partial charge < -0.3 is 4.74 Å². The number of benzene rings is 2. The van der Waals surface area contributed by atoms with E-state index in [1.54, 1.807) is 18.3 Å². The Morgan fingerprint density at radius 1 is 1.07 bits per heavy atom. The first-order chi connectivity index (χ1) is 12.9. The normalized spacial score (nSPS) is 11.1. The molecular weight excluding hydrogens is 386 g/mol. The van der Waals surface area contributed by atoms with Gasteiger partial charge in [0.25, 0.3) is 0 Å². The zero-order valence-corrected chi connectivity index (χ0v) is 15.8. The van der Waals surface area contributed by atoms with E-state index < -0.39 is 16.1 Å². The van der Waals surface area contributed by atoms with Crippen molar-refractivity contribution in [3.63, 3.8) is 0 Å². The lowest BCUT2D eigenvalue weighted by molar-refractivity contribution is 0.155. The van der Waals surface area contributed by atoms with Gasteiger partial charge in [-0.15, -0.1) is 11.3 Å². The third-order valence-corrected chi connectivity index (χ3v) is 5.45. The molecule has 0 fully saturated rings. The lowest BCUT2D eigenvalue weighted by Gasteiger charge is -2.04. The number of anilines is 1. The Balaban J connectivity index is 1.54. The fourth-order valence-corrected chi connectivity index (χ4v) is 3.64. The van der Waals surface area contributed by atoms with Crippen molar-refractivity contribution in [3.8, 4) is 0 Å². The third kappa shape index (κ3) is 5.61. The van der Waals surface area contributed by atoms with Crippen LogP contribution in [0.5, 0.6) is 0 Å². The van der Waals surface area contributed by atoms with Gasteiger partial charge in [0.1, 0.15) is 6.61 Å². The number of thiazole rings is 1. The summed E-state index contributed by atoms with van der Waals surface area (Å²) in [6, 6.07) is 15.7. The van der Waals surface area contributed by atoms with Crippen molar-refractivity contribution in [2.24, 2.45) is 5.14 Å². The molecule has 2 aromatic carbocycles. The van der Waals surface area contributed by atoms with Crippen LogP contribution in [0, 0.1) is 0 Å². The number of rotatable bonds is 6. The summed E-state index contributed by atoms with van der Waals surface area (Å²) in [7, 11) is -3.70. The fourth-order valence-electron chi connectivity index (χ4n) is 2.29. The van der Waals surface area contributed by atoms with Crippen LogP contribution in [0.2, 0.25) is 0 Å². The van der Waals surface area contributed by atoms with Gasteiger partial charge in [-0.3, -0.25) is 5.32 Å². The summed E-state index contributed by atoms with van der Waals surface area (Å²) in [5, 5.41) is 8.12. The second-order valence-electron chi connectivity index (χ2n) is 5.68. The molecule has 0 atom stereocenters. The highest BCUT2D eigenvalue weighted by Crippen LogP contribution is 2.22. The minimum Gasteiger partial charge on any atom is -0.444 e. The fraction of sp³-hybridized carbons (Fsp3) is 0.111. The molecule has 7 nitrogen and oxygen atoms in total. The van der Waals surface area contributed by atoms with Crippen molar-refractivity contribution in [1.82, 2.24) is 4.98 Å². The van der Waals surface area contributed by atoms with Crippen LogP contribution >= 0.6 is 11.3 Å². The van der Waals surface area contributed by atoms with Crippen molar-refractivity contribution >= 4 is 32.6 Å². The maximum absolute atomic E-state index is 11.8. The maximum atomic E-state index is 11.8. The first-order valence-electron chi connectivity index (χ1n) is 7.94. The van der Waals surface area contributed by atoms with E-state index in [1.165, 1.54) is 23.5 Å². The molecular formula is C18H17N3O4S2. The molecule has 9 heteroatoms. The van der Waals surface area contributed by atoms with Gasteiger partial charge in [-0.1, -0.05) is 42.5 Å². The van der Waals surface area contributed by atoms with Gasteiger partial charge in [0.15, 0.2) is 5.13 Å². The standard InChI is InChI=1S/C18H17N3O4S2/c19-27(23,24)16-8-6-13(7-9-16)10-15-11-20-17(26-15)21-18(22)25-12-14-4-2-1-3-5-14/h1-9,11H,10,12H2,(H2,19,23,24)(H,20,21,22). The van der Waals surface area contributed by atoms with Gasteiger partial charge >= 0.3 is 6.09 Å². The molecule has 1 aromatic heterocycles. The molecule has 0 unspecified atom stereocenters. The number of nitrogens with two attached hydrogens (primary N) is 1. The molecule has 140 valence electrons. The second-order valence-corrected chi connectivity index (χ2v) is 8.36. The smallest absolute Gasteiger partial charge is 0.413 e. The van der Waals surface area contributed by atoms with E-state index in [2.05, 4.69) is 10.3 Å². The SMILES string of the molecule is NS(=O)(=O)c1ccc(Cc2cnc(NC(=O)OCc3ccccc3)s2)cc1. The number of amides is 1. The van der Waals surface area contributed by atoms with Crippen molar-refractivity contribution < 1.29 is 17.9 Å². The first-order valence-corrected chi connectivity index (χ1v) is 10.3. The molecule has 0 radical (unpaired) electrons. The van der Waals surface area contributed by atoms with E-state index in [-0.39, 0.29) is 11.5 Å². The Kier molecular flexibility index (Phi) is 5.84. The molecule has 0 aliphatic heterocycles. The molecule has 3 rings (SSSR count). The molecule has 1 amide bonds. The summed E-state index contributed by atoms with van der Waals surface area (Å²) in [5.74, 6) is 0. The number of carbonyl (C=O) groups is 1. The van der Waals surface area contributed by atoms with Gasteiger partial charge in [-0.25, -0.2) is 23.3 Å². The molecule has 0 saturated carbocycles. The Bertz CT molecular complexity index is 1020. The molecule has 0 spiro atoms. The number of hydrogen-bond acceptors (Lipinski definition) is 6. The molecule has 3 aromatic rings. The zero-order chi connectivity index (χ0) is 19.3. The highest BCUT2D eigenvalue weighted by atomic mass is 32.2. The van der Waals surface area contributed by atoms with Crippen molar-refractivity contribution in [1.29, 1.82) is 0 Å². The highest BCUT2D eigenvalue weighted by molar-refractivity contribution is 7.89. The molecule has 27 heavy (non-hydrogen) atoms. The van der Waals surface area contributed by atoms with Crippen LogP contribution in [0.3, 0.4) is 0 Å². The van der Waals surface area contributed by atoms with Crippen LogP contribution in [0.1, 0.15) is 16.0 Å². The van der Waals surface area contributed by atoms with Gasteiger partial charge in [-0.2, -0.15) is 0 Å². The lowest BCUT2D eigenvalue weighted by atomic mass is 10.1. The average molecular weight is 403 g/mol. The number of nitrogens with one attached hydrogen (secondary N) is 1. The highest BCUT2D eigenvalue weighted by Gasteiger charge is 2.10. The van der Waals surface area contributed by atoms with Crippen LogP contribution in [0.25, 0.3) is 0 Å². The quantitative estimate of drug-likeness (QED) is 0.657. The van der Waals surface area contributed by atoms with Crippen molar-refractivity contribution in [2.75, 3.05) is 5.32 Å². The summed E-state index contributed by atoms with van der Waals surface area (Å²) in [4.78, 5) is 17.0. The largest absolute Gasteiger partial charge is 0.444 e. The summed E-state index contributed by atoms with van der Waals surface area (Å²) in [5.41, 5.74) is 1.81. The molecule has 1 heterocycles. The predicted molar refractivity (Wildman–Crippen MR) is 103 cm³/mol. The summed E-state index contributed by atoms with van der Waals surface area (Å²) < 4.78 is 27.7. The molecule has 0 aliphatic rings. The number of carbonyl (C=O) groups excluding carboxylic acids is 1. The van der Waals surface area contributed by atoms with Crippen LogP contribution in [0.15, 0.2) is 65.7 Å². The minimum absolute atomic E-state index is 0.0686. The number of primary sulfonamides is 1. The number of nitrogens with zero attached hydrogens (tertiary/aromatic N) is 1. The summed E-state index contributed by atoms with van der Waals surface area (Å²) in [6.07, 6.45) is 1.64. The number of ether oxygens (including phenoxy) is 1. The van der Waals surface area contributed by atoms with E-state index in [4.69, 9.17) is 9.88 Å². The van der Waals surface area contributed by atoms with Crippen LogP contribution in [-0.4, -0.2) is 19.5 Å². The van der Waals surface area contributed by atoms with E-state index in [9.17, 15) is 13.2 Å². The van der Waals surface area contributed by atoms with Gasteiger partial charge in [0.2, 0.25) is 10.0 Å². The van der Waals surface area contributed by atoms with Crippen LogP contribution < -0.4 is 10.5 Å². The van der Waals surface area contributed by atoms with Crippen LogP contribution in [-0.2, 0) is 27.8 Å². The number of sulfonamides is 1. The second kappa shape index (κ2) is 8.30. The van der Waals surface area contributed by atoms with E-state index >= 15 is 0 Å². The summed E-state index contributed by atoms with van der Waals surface area (Å²) in [6.45, 7) is 0.182. The predicted octanol–water partition coefficient (Wildman–Crippen LogP) is 3.13. The van der Waals surface area contributed by atoms with E-state index in [1.807, 2.05) is 30.3 Å². The van der Waals surface area contributed by atoms with E-state index in [0.717, 1.165) is 16.0 Å². The first kappa shape index (κ1) is 19.0. The van der Waals surface area contributed by atoms with Crippen LogP contribution in [0.4, 0.5) is 9.93 Å². The zero-order valence-electron chi connectivity index (χ0n) is 14.2. The number of hydrogen-bond donors (Lipinski definition) is 2. The Morgan fingerprint density at radius 3 is 2.44 bits per heavy atom. The van der Waals surface area contributed by atoms with Gasteiger partial charge in [0, 0.05) is 17.5 Å². The molecule has 0 aliphatic carbocycles. The van der Waals surface area contributed by atoms with Gasteiger partial charge in [0.05, 0.1) is 4.90 Å². The maximum Gasteiger partial charge on any atom is 0.413 e. The molecule has 0 bridgehead atoms. The third-order valence-electron chi connectivity index (χ3n) is 3.61. The Hall–Kier alpha value is -2.75. The van der Waals surface area contributed by atoms with Crippen molar-refractivity contribution in [3.05, 3.63) is 76.8 Å². The molecule has 3 N–H and O–H groups in total. The number of aromatic nitrogens is 1. The lowest BCUT2D eigenvalue weighted by Crippen LogP contribution is -2.13. The van der Waals surface area contributed by atoms with E-state index in [0.29, 0.717) is 11.6 Å². The minimum atomic E-state index is -3.70. The van der Waals surface area contributed by atoms with Gasteiger partial charge in [-0.05, 0) is 23.3 Å². The monoisotopic (exact) mass is 403 g/mol. The average Bonchev–Trinajstić information content (AvgIpc) is 3.07. The Morgan fingerprint density at radius 2 is 1.78 bits per heavy atom. The molecule has 0 saturated heterocycles. The Labute approximate surface area is 160 Å².